The number of pyridine rings is 1. The van der Waals surface area contributed by atoms with Crippen molar-refractivity contribution in [2.24, 2.45) is 5.92 Å². The maximum atomic E-state index is 13.1. The highest BCUT2D eigenvalue weighted by molar-refractivity contribution is 6.07. The Morgan fingerprint density at radius 2 is 2.18 bits per heavy atom. The van der Waals surface area contributed by atoms with Crippen LogP contribution in [0.15, 0.2) is 34.2 Å². The zero-order valence-electron chi connectivity index (χ0n) is 19.6. The summed E-state index contributed by atoms with van der Waals surface area (Å²) in [5.41, 5.74) is -0.158. The molecule has 2 N–H and O–H groups in total. The second kappa shape index (κ2) is 9.51. The third-order valence-corrected chi connectivity index (χ3v) is 5.11. The van der Waals surface area contributed by atoms with Gasteiger partial charge in [0.05, 0.1) is 17.7 Å². The molecule has 0 bridgehead atoms. The van der Waals surface area contributed by atoms with E-state index in [4.69, 9.17) is 9.26 Å². The van der Waals surface area contributed by atoms with Gasteiger partial charge >= 0.3 is 5.97 Å². The maximum absolute atomic E-state index is 13.1. The molecule has 0 amide bonds. The largest absolute Gasteiger partial charge is 0.462 e. The molecule has 0 aliphatic rings. The normalized spacial score (nSPS) is 12.9. The van der Waals surface area contributed by atoms with Crippen molar-refractivity contribution in [3.05, 3.63) is 63.5 Å². The number of ether oxygens (including phenoxy) is 1. The van der Waals surface area contributed by atoms with E-state index >= 15 is 0 Å². The summed E-state index contributed by atoms with van der Waals surface area (Å²) in [6, 6.07) is 1.60. The van der Waals surface area contributed by atoms with E-state index in [1.54, 1.807) is 32.2 Å². The van der Waals surface area contributed by atoms with Crippen LogP contribution in [0.25, 0.3) is 10.9 Å². The van der Waals surface area contributed by atoms with Crippen LogP contribution in [0.3, 0.4) is 0 Å². The zero-order valence-corrected chi connectivity index (χ0v) is 19.6. The lowest BCUT2D eigenvalue weighted by Gasteiger charge is -2.12. The molecule has 8 heteroatoms. The SMILES string of the molecule is C=CCCn1cc(C#CC(C)(O)c2cc(C)on2)c2c(C(=O)OCC(C)C)c(C)[nH]c2c1=O. The van der Waals surface area contributed by atoms with E-state index in [9.17, 15) is 14.7 Å². The molecule has 0 spiro atoms. The molecule has 3 aromatic heterocycles. The minimum atomic E-state index is -1.60. The summed E-state index contributed by atoms with van der Waals surface area (Å²) in [7, 11) is 0. The minimum absolute atomic E-state index is 0.163. The van der Waals surface area contributed by atoms with E-state index in [-0.39, 0.29) is 34.9 Å². The maximum Gasteiger partial charge on any atom is 0.340 e. The summed E-state index contributed by atoms with van der Waals surface area (Å²) >= 11 is 0. The van der Waals surface area contributed by atoms with E-state index in [1.807, 2.05) is 13.8 Å². The number of aromatic amines is 1. The second-order valence-electron chi connectivity index (χ2n) is 8.63. The molecule has 0 fully saturated rings. The highest BCUT2D eigenvalue weighted by atomic mass is 16.5. The van der Waals surface area contributed by atoms with Crippen molar-refractivity contribution in [2.45, 2.75) is 53.2 Å². The first-order valence-corrected chi connectivity index (χ1v) is 10.8. The second-order valence-corrected chi connectivity index (χ2v) is 8.63. The van der Waals surface area contributed by atoms with Gasteiger partial charge in [0, 0.05) is 29.9 Å². The summed E-state index contributed by atoms with van der Waals surface area (Å²) in [5.74, 6) is 5.94. The van der Waals surface area contributed by atoms with Gasteiger partial charge in [-0.1, -0.05) is 36.9 Å². The number of fused-ring (bicyclic) bond motifs is 1. The van der Waals surface area contributed by atoms with Gasteiger partial charge in [-0.15, -0.1) is 6.58 Å². The van der Waals surface area contributed by atoms with Gasteiger partial charge in [0.25, 0.3) is 5.56 Å². The predicted octanol–water partition coefficient (Wildman–Crippen LogP) is 3.58. The molecule has 8 nitrogen and oxygen atoms in total. The van der Waals surface area contributed by atoms with Crippen molar-refractivity contribution in [3.8, 4) is 11.8 Å². The minimum Gasteiger partial charge on any atom is -0.462 e. The molecule has 0 aromatic carbocycles. The lowest BCUT2D eigenvalue weighted by molar-refractivity contribution is 0.0460. The van der Waals surface area contributed by atoms with Crippen LogP contribution >= 0.6 is 0 Å². The van der Waals surface area contributed by atoms with Crippen molar-refractivity contribution >= 4 is 16.9 Å². The van der Waals surface area contributed by atoms with E-state index in [0.717, 1.165) is 0 Å². The van der Waals surface area contributed by atoms with Crippen LogP contribution in [0.1, 0.15) is 60.3 Å². The molecule has 3 rings (SSSR count). The van der Waals surface area contributed by atoms with Gasteiger partial charge in [-0.3, -0.25) is 4.79 Å². The number of hydrogen-bond acceptors (Lipinski definition) is 6. The number of hydrogen-bond donors (Lipinski definition) is 2. The Labute approximate surface area is 192 Å². The molecule has 0 radical (unpaired) electrons. The standard InChI is InChI=1S/C25H29N3O5/c1-7-8-11-28-13-18(9-10-25(6,31)19-12-16(4)33-27-19)21-20(24(30)32-14-15(2)3)17(5)26-22(21)23(28)29/h7,12-13,15,26,31H,1,8,11,14H2,2-6H3. The fourth-order valence-electron chi connectivity index (χ4n) is 3.39. The zero-order chi connectivity index (χ0) is 24.3. The Morgan fingerprint density at radius 1 is 1.45 bits per heavy atom. The summed E-state index contributed by atoms with van der Waals surface area (Å²) in [5, 5.41) is 15.1. The average molecular weight is 452 g/mol. The van der Waals surface area contributed by atoms with Crippen molar-refractivity contribution in [3.63, 3.8) is 0 Å². The van der Waals surface area contributed by atoms with Crippen LogP contribution in [-0.2, 0) is 16.9 Å². The number of nitrogens with zero attached hydrogens (tertiary/aromatic N) is 2. The number of nitrogens with one attached hydrogen (secondary N) is 1. The quantitative estimate of drug-likeness (QED) is 0.323. The Bertz CT molecular complexity index is 1310. The third kappa shape index (κ3) is 5.10. The topological polar surface area (TPSA) is 110 Å². The van der Waals surface area contributed by atoms with Gasteiger partial charge in [-0.2, -0.15) is 0 Å². The number of allylic oxidation sites excluding steroid dienone is 1. The Balaban J connectivity index is 2.21. The van der Waals surface area contributed by atoms with Crippen LogP contribution in [0.4, 0.5) is 0 Å². The number of aliphatic hydroxyl groups is 1. The first kappa shape index (κ1) is 24.1. The smallest absolute Gasteiger partial charge is 0.340 e. The van der Waals surface area contributed by atoms with Gasteiger partial charge < -0.3 is 23.9 Å². The molecule has 0 saturated heterocycles. The van der Waals surface area contributed by atoms with Crippen molar-refractivity contribution < 1.29 is 19.2 Å². The fourth-order valence-corrected chi connectivity index (χ4v) is 3.39. The van der Waals surface area contributed by atoms with Crippen LogP contribution < -0.4 is 5.56 Å². The number of H-pyrrole nitrogens is 1. The average Bonchev–Trinajstić information content (AvgIpc) is 3.34. The number of carbonyl (C=O) groups excluding carboxylic acids is 1. The summed E-state index contributed by atoms with van der Waals surface area (Å²) in [4.78, 5) is 29.0. The third-order valence-electron chi connectivity index (χ3n) is 5.11. The molecular weight excluding hydrogens is 422 g/mol. The van der Waals surface area contributed by atoms with E-state index < -0.39 is 11.6 Å². The number of rotatable bonds is 7. The molecule has 33 heavy (non-hydrogen) atoms. The summed E-state index contributed by atoms with van der Waals surface area (Å²) in [6.07, 6.45) is 3.89. The van der Waals surface area contributed by atoms with Gasteiger partial charge in [0.15, 0.2) is 5.60 Å². The molecule has 1 atom stereocenters. The lowest BCUT2D eigenvalue weighted by atomic mass is 10.0. The van der Waals surface area contributed by atoms with Gasteiger partial charge in [-0.05, 0) is 33.1 Å². The highest BCUT2D eigenvalue weighted by Crippen LogP contribution is 2.26. The Kier molecular flexibility index (Phi) is 6.94. The molecule has 3 aromatic rings. The van der Waals surface area contributed by atoms with Crippen LogP contribution in [0, 0.1) is 31.6 Å². The number of esters is 1. The van der Waals surface area contributed by atoms with Crippen molar-refractivity contribution in [2.75, 3.05) is 6.61 Å². The van der Waals surface area contributed by atoms with Gasteiger partial charge in [-0.25, -0.2) is 4.79 Å². The molecule has 174 valence electrons. The molecular formula is C25H29N3O5. The Hall–Kier alpha value is -3.57. The van der Waals surface area contributed by atoms with Crippen LogP contribution in [-0.4, -0.2) is 32.4 Å². The van der Waals surface area contributed by atoms with E-state index in [2.05, 4.69) is 28.6 Å². The Morgan fingerprint density at radius 3 is 2.79 bits per heavy atom. The molecule has 0 aliphatic heterocycles. The molecule has 1 unspecified atom stereocenters. The number of carbonyl (C=O) groups is 1. The number of aryl methyl sites for hydroxylation is 3. The van der Waals surface area contributed by atoms with Crippen molar-refractivity contribution in [1.82, 2.24) is 14.7 Å². The molecule has 3 heterocycles. The monoisotopic (exact) mass is 451 g/mol. The lowest BCUT2D eigenvalue weighted by Crippen LogP contribution is -2.21. The summed E-state index contributed by atoms with van der Waals surface area (Å²) < 4.78 is 12.0. The summed E-state index contributed by atoms with van der Waals surface area (Å²) in [6.45, 7) is 13.2. The fraction of sp³-hybridized carbons (Fsp3) is 0.400. The number of aromatic nitrogens is 3. The van der Waals surface area contributed by atoms with Crippen LogP contribution in [0.5, 0.6) is 0 Å². The molecule has 0 saturated carbocycles. The first-order valence-electron chi connectivity index (χ1n) is 10.8. The highest BCUT2D eigenvalue weighted by Gasteiger charge is 2.26. The van der Waals surface area contributed by atoms with Gasteiger partial charge in [0.1, 0.15) is 17.0 Å². The van der Waals surface area contributed by atoms with E-state index in [0.29, 0.717) is 35.4 Å². The molecule has 0 aliphatic carbocycles. The van der Waals surface area contributed by atoms with E-state index in [1.165, 1.54) is 11.5 Å². The predicted molar refractivity (Wildman–Crippen MR) is 125 cm³/mol. The first-order chi connectivity index (χ1) is 15.5. The van der Waals surface area contributed by atoms with Crippen LogP contribution in [0.2, 0.25) is 0 Å². The van der Waals surface area contributed by atoms with Gasteiger partial charge in [0.2, 0.25) is 0 Å². The van der Waals surface area contributed by atoms with Crippen molar-refractivity contribution in [1.29, 1.82) is 0 Å².